The van der Waals surface area contributed by atoms with E-state index >= 15 is 0 Å². The first-order valence-electron chi connectivity index (χ1n) is 8.88. The number of nitrogens with zero attached hydrogens (tertiary/aromatic N) is 4. The van der Waals surface area contributed by atoms with Crippen molar-refractivity contribution in [3.05, 3.63) is 68.0 Å². The Morgan fingerprint density at radius 1 is 1.26 bits per heavy atom. The van der Waals surface area contributed by atoms with E-state index in [9.17, 15) is 18.5 Å². The smallest absolute Gasteiger partial charge is 0.269 e. The van der Waals surface area contributed by atoms with Crippen LogP contribution in [0.15, 0.2) is 40.9 Å². The number of rotatable bonds is 8. The van der Waals surface area contributed by atoms with E-state index in [4.69, 9.17) is 5.11 Å². The maximum atomic E-state index is 12.8. The van der Waals surface area contributed by atoms with Gasteiger partial charge in [0.2, 0.25) is 5.51 Å². The quantitative estimate of drug-likeness (QED) is 0.230. The molecule has 31 heavy (non-hydrogen) atoms. The Labute approximate surface area is 189 Å². The van der Waals surface area contributed by atoms with E-state index in [1.165, 1.54) is 23.5 Å². The summed E-state index contributed by atoms with van der Waals surface area (Å²) >= 11 is 1.51. The minimum Gasteiger partial charge on any atom is -1.00 e. The molecule has 166 valence electrons. The number of anilines is 1. The van der Waals surface area contributed by atoms with Crippen LogP contribution < -0.4 is 21.7 Å². The molecule has 2 heterocycles. The van der Waals surface area contributed by atoms with Crippen LogP contribution in [0.1, 0.15) is 22.0 Å². The van der Waals surface area contributed by atoms with Crippen LogP contribution in [0.25, 0.3) is 0 Å². The van der Waals surface area contributed by atoms with E-state index in [0.29, 0.717) is 24.4 Å². The standard InChI is InChI=1S/C18H20N5O5S2.ClH/c1-12-17(7-8-24)29-11-22(12)10-14-9-19-13(2)20-18(14)21-30(27,28)16-5-3-15(4-6-16)23(25)26;/h3-6,9,11,24H,7-8,10H2,1-2H3,(H,19,20,21);1H/q+1;/p-1. The number of sulfonamides is 1. The molecule has 10 nitrogen and oxygen atoms in total. The highest BCUT2D eigenvalue weighted by Crippen LogP contribution is 2.21. The Balaban J connectivity index is 0.00000341. The predicted octanol–water partition coefficient (Wildman–Crippen LogP) is -1.26. The number of aromatic nitrogens is 3. The van der Waals surface area contributed by atoms with Crippen molar-refractivity contribution < 1.29 is 35.4 Å². The normalized spacial score (nSPS) is 11.1. The molecule has 0 radical (unpaired) electrons. The van der Waals surface area contributed by atoms with Gasteiger partial charge in [-0.25, -0.2) is 18.4 Å². The number of aliphatic hydroxyl groups excluding tert-OH is 1. The average Bonchev–Trinajstić information content (AvgIpc) is 3.04. The summed E-state index contributed by atoms with van der Waals surface area (Å²) < 4.78 is 30.0. The first-order valence-corrected chi connectivity index (χ1v) is 11.2. The van der Waals surface area contributed by atoms with Crippen molar-refractivity contribution in [1.82, 2.24) is 9.97 Å². The van der Waals surface area contributed by atoms with Gasteiger partial charge >= 0.3 is 0 Å². The lowest BCUT2D eigenvalue weighted by Crippen LogP contribution is -3.00. The number of aliphatic hydroxyl groups is 1. The SMILES string of the molecule is Cc1ncc(C[n+]2csc(CCO)c2C)c(NS(=O)(=O)c2ccc([N+](=O)[O-])cc2)n1.[Cl-]. The van der Waals surface area contributed by atoms with E-state index < -0.39 is 14.9 Å². The number of nitrogens with one attached hydrogen (secondary N) is 1. The molecule has 0 atom stereocenters. The fourth-order valence-electron chi connectivity index (χ4n) is 2.76. The molecule has 1 aromatic carbocycles. The number of benzene rings is 1. The summed E-state index contributed by atoms with van der Waals surface area (Å²) in [7, 11) is -4.00. The van der Waals surface area contributed by atoms with Gasteiger partial charge in [-0.15, -0.1) is 0 Å². The van der Waals surface area contributed by atoms with E-state index in [0.717, 1.165) is 22.7 Å². The van der Waals surface area contributed by atoms with Gasteiger partial charge in [-0.05, 0) is 19.1 Å². The molecule has 0 saturated heterocycles. The Hall–Kier alpha value is -2.67. The van der Waals surface area contributed by atoms with Crippen LogP contribution in [0, 0.1) is 24.0 Å². The number of halogens is 1. The molecule has 2 N–H and O–H groups in total. The number of hydrogen-bond acceptors (Lipinski definition) is 8. The molecule has 0 unspecified atom stereocenters. The Morgan fingerprint density at radius 2 is 1.94 bits per heavy atom. The maximum absolute atomic E-state index is 12.8. The molecule has 0 saturated carbocycles. The van der Waals surface area contributed by atoms with Gasteiger partial charge in [0.05, 0.1) is 20.3 Å². The predicted molar refractivity (Wildman–Crippen MR) is 110 cm³/mol. The second-order valence-electron chi connectivity index (χ2n) is 6.48. The molecule has 3 aromatic rings. The van der Waals surface area contributed by atoms with Crippen molar-refractivity contribution in [2.24, 2.45) is 0 Å². The van der Waals surface area contributed by atoms with Gasteiger partial charge in [-0.1, -0.05) is 11.3 Å². The van der Waals surface area contributed by atoms with Crippen LogP contribution in [0.4, 0.5) is 11.5 Å². The first kappa shape index (κ1) is 24.6. The molecular formula is C18H20ClN5O5S2. The molecular weight excluding hydrogens is 466 g/mol. The Kier molecular flexibility index (Phi) is 8.01. The third-order valence-electron chi connectivity index (χ3n) is 4.41. The van der Waals surface area contributed by atoms with Crippen molar-refractivity contribution in [3.8, 4) is 0 Å². The summed E-state index contributed by atoms with van der Waals surface area (Å²) in [5.74, 6) is 0.538. The molecule has 2 aromatic heterocycles. The second-order valence-corrected chi connectivity index (χ2v) is 9.10. The average molecular weight is 486 g/mol. The molecule has 0 spiro atoms. The third kappa shape index (κ3) is 5.73. The van der Waals surface area contributed by atoms with Crippen molar-refractivity contribution in [1.29, 1.82) is 0 Å². The Bertz CT molecular complexity index is 1180. The summed E-state index contributed by atoms with van der Waals surface area (Å²) in [6.45, 7) is 3.97. The lowest BCUT2D eigenvalue weighted by Gasteiger charge is -2.11. The second kappa shape index (κ2) is 10.1. The van der Waals surface area contributed by atoms with Crippen molar-refractivity contribution >= 4 is 32.9 Å². The number of thiazole rings is 1. The molecule has 0 aliphatic rings. The van der Waals surface area contributed by atoms with Crippen LogP contribution >= 0.6 is 11.3 Å². The van der Waals surface area contributed by atoms with Crippen LogP contribution in [0.2, 0.25) is 0 Å². The maximum Gasteiger partial charge on any atom is 0.269 e. The largest absolute Gasteiger partial charge is 1.00 e. The van der Waals surface area contributed by atoms with E-state index in [1.54, 1.807) is 13.1 Å². The summed E-state index contributed by atoms with van der Waals surface area (Å²) in [5.41, 5.74) is 3.23. The molecule has 3 rings (SSSR count). The zero-order valence-electron chi connectivity index (χ0n) is 16.6. The highest BCUT2D eigenvalue weighted by Gasteiger charge is 2.22. The van der Waals surface area contributed by atoms with Gasteiger partial charge < -0.3 is 17.5 Å². The van der Waals surface area contributed by atoms with Crippen LogP contribution in [0.3, 0.4) is 0 Å². The fraction of sp³-hybridized carbons (Fsp3) is 0.278. The molecule has 0 aliphatic heterocycles. The topological polar surface area (TPSA) is 139 Å². The molecule has 0 bridgehead atoms. The summed E-state index contributed by atoms with van der Waals surface area (Å²) in [4.78, 5) is 19.5. The minimum absolute atomic E-state index is 0. The monoisotopic (exact) mass is 485 g/mol. The van der Waals surface area contributed by atoms with Crippen LogP contribution in [0.5, 0.6) is 0 Å². The number of aryl methyl sites for hydroxylation is 1. The minimum atomic E-state index is -4.00. The fourth-order valence-corrected chi connectivity index (χ4v) is 4.79. The zero-order chi connectivity index (χ0) is 21.9. The zero-order valence-corrected chi connectivity index (χ0v) is 19.0. The molecule has 0 amide bonds. The number of hydrogen-bond donors (Lipinski definition) is 2. The highest BCUT2D eigenvalue weighted by atomic mass is 35.5. The van der Waals surface area contributed by atoms with Gasteiger partial charge in [0, 0.05) is 38.3 Å². The number of non-ortho nitro benzene ring substituents is 1. The van der Waals surface area contributed by atoms with Crippen molar-refractivity contribution in [2.75, 3.05) is 11.3 Å². The number of nitro groups is 1. The summed E-state index contributed by atoms with van der Waals surface area (Å²) in [5, 5.41) is 20.0. The number of nitro benzene ring substituents is 1. The molecule has 0 fully saturated rings. The van der Waals surface area contributed by atoms with E-state index in [1.807, 2.05) is 17.0 Å². The summed E-state index contributed by atoms with van der Waals surface area (Å²) in [6, 6.07) is 4.61. The van der Waals surface area contributed by atoms with Crippen LogP contribution in [-0.2, 0) is 23.0 Å². The molecule has 0 aliphatic carbocycles. The van der Waals surface area contributed by atoms with Gasteiger partial charge in [0.1, 0.15) is 5.82 Å². The van der Waals surface area contributed by atoms with Gasteiger partial charge in [0.15, 0.2) is 18.1 Å². The van der Waals surface area contributed by atoms with E-state index in [2.05, 4.69) is 14.7 Å². The van der Waals surface area contributed by atoms with Crippen molar-refractivity contribution in [3.63, 3.8) is 0 Å². The van der Waals surface area contributed by atoms with Gasteiger partial charge in [0.25, 0.3) is 15.7 Å². The van der Waals surface area contributed by atoms with Crippen molar-refractivity contribution in [2.45, 2.75) is 31.7 Å². The van der Waals surface area contributed by atoms with Crippen LogP contribution in [-0.4, -0.2) is 35.0 Å². The lowest BCUT2D eigenvalue weighted by molar-refractivity contribution is -0.689. The highest BCUT2D eigenvalue weighted by molar-refractivity contribution is 7.92. The summed E-state index contributed by atoms with van der Waals surface area (Å²) in [6.07, 6.45) is 2.11. The first-order chi connectivity index (χ1) is 14.2. The lowest BCUT2D eigenvalue weighted by atomic mass is 10.2. The Morgan fingerprint density at radius 3 is 2.55 bits per heavy atom. The van der Waals surface area contributed by atoms with Gasteiger partial charge in [-0.3, -0.25) is 14.8 Å². The molecule has 13 heteroatoms. The van der Waals surface area contributed by atoms with Gasteiger partial charge in [-0.2, -0.15) is 4.57 Å². The third-order valence-corrected chi connectivity index (χ3v) is 6.91. The van der Waals surface area contributed by atoms with E-state index in [-0.39, 0.29) is 35.4 Å².